The molecule has 0 radical (unpaired) electrons. The van der Waals surface area contributed by atoms with Gasteiger partial charge in [-0.3, -0.25) is 0 Å². The highest BCUT2D eigenvalue weighted by Crippen LogP contribution is 2.31. The summed E-state index contributed by atoms with van der Waals surface area (Å²) in [6.45, 7) is 2.06. The van der Waals surface area contributed by atoms with Crippen molar-refractivity contribution in [2.75, 3.05) is 5.32 Å². The van der Waals surface area contributed by atoms with Crippen LogP contribution < -0.4 is 5.32 Å². The van der Waals surface area contributed by atoms with Gasteiger partial charge in [-0.05, 0) is 42.6 Å². The smallest absolute Gasteiger partial charge is 0.134 e. The number of rotatable bonds is 3. The van der Waals surface area contributed by atoms with Crippen LogP contribution in [0.15, 0.2) is 42.6 Å². The van der Waals surface area contributed by atoms with Crippen LogP contribution >= 0.6 is 22.9 Å². The minimum atomic E-state index is 0.105. The number of thiophene rings is 1. The van der Waals surface area contributed by atoms with Gasteiger partial charge in [-0.2, -0.15) is 0 Å². The summed E-state index contributed by atoms with van der Waals surface area (Å²) in [4.78, 5) is 5.52. The summed E-state index contributed by atoms with van der Waals surface area (Å²) >= 11 is 7.51. The van der Waals surface area contributed by atoms with Gasteiger partial charge in [0, 0.05) is 16.5 Å². The molecule has 1 aromatic carbocycles. The SMILES string of the molecule is CC(Nc1nccc2ccc(O)cc12)c1ccc(Cl)s1. The number of nitrogens with zero attached hydrogens (tertiary/aromatic N) is 1. The van der Waals surface area contributed by atoms with Crippen LogP contribution in [-0.2, 0) is 0 Å². The third-order valence-electron chi connectivity index (χ3n) is 3.12. The lowest BCUT2D eigenvalue weighted by Crippen LogP contribution is -2.06. The van der Waals surface area contributed by atoms with Gasteiger partial charge in [-0.25, -0.2) is 4.98 Å². The van der Waals surface area contributed by atoms with E-state index in [0.717, 1.165) is 25.8 Å². The summed E-state index contributed by atoms with van der Waals surface area (Å²) in [7, 11) is 0. The molecule has 2 heterocycles. The molecule has 0 aliphatic heterocycles. The number of phenols is 1. The molecule has 1 atom stereocenters. The molecule has 3 aromatic rings. The molecule has 102 valence electrons. The Hall–Kier alpha value is -1.78. The fraction of sp³-hybridized carbons (Fsp3) is 0.133. The molecular weight excluding hydrogens is 292 g/mol. The van der Waals surface area contributed by atoms with Gasteiger partial charge in [0.2, 0.25) is 0 Å². The first-order valence-electron chi connectivity index (χ1n) is 6.23. The summed E-state index contributed by atoms with van der Waals surface area (Å²) in [5.74, 6) is 0.996. The maximum absolute atomic E-state index is 9.64. The van der Waals surface area contributed by atoms with E-state index >= 15 is 0 Å². The van der Waals surface area contributed by atoms with Crippen molar-refractivity contribution in [3.8, 4) is 5.75 Å². The van der Waals surface area contributed by atoms with Crippen LogP contribution in [0.1, 0.15) is 17.8 Å². The Morgan fingerprint density at radius 3 is 2.85 bits per heavy atom. The van der Waals surface area contributed by atoms with Crippen molar-refractivity contribution in [1.82, 2.24) is 4.98 Å². The summed E-state index contributed by atoms with van der Waals surface area (Å²) in [5, 5.41) is 15.0. The molecule has 0 bridgehead atoms. The quantitative estimate of drug-likeness (QED) is 0.728. The molecule has 2 aromatic heterocycles. The monoisotopic (exact) mass is 304 g/mol. The van der Waals surface area contributed by atoms with E-state index in [4.69, 9.17) is 11.6 Å². The minimum Gasteiger partial charge on any atom is -0.508 e. The average Bonchev–Trinajstić information content (AvgIpc) is 2.86. The predicted octanol–water partition coefficient (Wildman–Crippen LogP) is 4.83. The van der Waals surface area contributed by atoms with Gasteiger partial charge in [0.05, 0.1) is 10.4 Å². The number of pyridine rings is 1. The molecule has 2 N–H and O–H groups in total. The van der Waals surface area contributed by atoms with E-state index < -0.39 is 0 Å². The summed E-state index contributed by atoms with van der Waals surface area (Å²) in [5.41, 5.74) is 0. The lowest BCUT2D eigenvalue weighted by molar-refractivity contribution is 0.476. The standard InChI is InChI=1S/C15H13ClN2OS/c1-9(13-4-5-14(16)20-13)18-15-12-8-11(19)3-2-10(12)6-7-17-15/h2-9,19H,1H3,(H,17,18). The van der Waals surface area contributed by atoms with E-state index in [1.807, 2.05) is 24.3 Å². The van der Waals surface area contributed by atoms with Crippen molar-refractivity contribution < 1.29 is 5.11 Å². The molecule has 3 nitrogen and oxygen atoms in total. The number of hydrogen-bond donors (Lipinski definition) is 2. The second-order valence-electron chi connectivity index (χ2n) is 4.57. The number of phenolic OH excluding ortho intramolecular Hbond substituents is 1. The van der Waals surface area contributed by atoms with Crippen LogP contribution in [0, 0.1) is 0 Å². The van der Waals surface area contributed by atoms with E-state index in [0.29, 0.717) is 0 Å². The zero-order valence-corrected chi connectivity index (χ0v) is 12.4. The van der Waals surface area contributed by atoms with E-state index in [1.54, 1.807) is 29.7 Å². The zero-order valence-electron chi connectivity index (χ0n) is 10.8. The Bertz CT molecular complexity index is 756. The highest BCUT2D eigenvalue weighted by molar-refractivity contribution is 7.16. The first kappa shape index (κ1) is 13.2. The van der Waals surface area contributed by atoms with Crippen molar-refractivity contribution in [3.05, 3.63) is 51.8 Å². The van der Waals surface area contributed by atoms with Crippen LogP contribution in [0.4, 0.5) is 5.82 Å². The van der Waals surface area contributed by atoms with E-state index in [1.165, 1.54) is 0 Å². The number of fused-ring (bicyclic) bond motifs is 1. The molecule has 3 rings (SSSR count). The molecule has 0 fully saturated rings. The van der Waals surface area contributed by atoms with E-state index in [9.17, 15) is 5.11 Å². The normalized spacial score (nSPS) is 12.5. The summed E-state index contributed by atoms with van der Waals surface area (Å²) in [6, 6.07) is 11.2. The molecule has 5 heteroatoms. The third-order valence-corrected chi connectivity index (χ3v) is 4.54. The Balaban J connectivity index is 1.96. The number of aromatic hydroxyl groups is 1. The van der Waals surface area contributed by atoms with Crippen molar-refractivity contribution in [1.29, 1.82) is 0 Å². The molecule has 20 heavy (non-hydrogen) atoms. The van der Waals surface area contributed by atoms with Crippen molar-refractivity contribution in [2.24, 2.45) is 0 Å². The average molecular weight is 305 g/mol. The summed E-state index contributed by atoms with van der Waals surface area (Å²) < 4.78 is 0.775. The maximum Gasteiger partial charge on any atom is 0.134 e. The van der Waals surface area contributed by atoms with Gasteiger partial charge in [0.1, 0.15) is 11.6 Å². The van der Waals surface area contributed by atoms with Gasteiger partial charge in [0.15, 0.2) is 0 Å². The van der Waals surface area contributed by atoms with Gasteiger partial charge >= 0.3 is 0 Å². The zero-order chi connectivity index (χ0) is 14.1. The second-order valence-corrected chi connectivity index (χ2v) is 6.32. The second kappa shape index (κ2) is 5.31. The van der Waals surface area contributed by atoms with Crippen LogP contribution in [0.5, 0.6) is 5.75 Å². The highest BCUT2D eigenvalue weighted by atomic mass is 35.5. The van der Waals surface area contributed by atoms with Crippen LogP contribution in [0.3, 0.4) is 0 Å². The number of nitrogens with one attached hydrogen (secondary N) is 1. The van der Waals surface area contributed by atoms with Crippen LogP contribution in [-0.4, -0.2) is 10.1 Å². The minimum absolute atomic E-state index is 0.105. The first-order valence-corrected chi connectivity index (χ1v) is 7.42. The van der Waals surface area contributed by atoms with Gasteiger partial charge in [-0.1, -0.05) is 17.7 Å². The maximum atomic E-state index is 9.64. The molecule has 1 unspecified atom stereocenters. The fourth-order valence-electron chi connectivity index (χ4n) is 2.11. The first-order chi connectivity index (χ1) is 9.63. The lowest BCUT2D eigenvalue weighted by Gasteiger charge is -2.14. The number of aromatic nitrogens is 1. The number of anilines is 1. The van der Waals surface area contributed by atoms with Crippen molar-refractivity contribution in [3.63, 3.8) is 0 Å². The Morgan fingerprint density at radius 2 is 2.10 bits per heavy atom. The molecule has 0 saturated carbocycles. The molecule has 0 spiro atoms. The fourth-order valence-corrected chi connectivity index (χ4v) is 3.17. The van der Waals surface area contributed by atoms with E-state index in [2.05, 4.69) is 17.2 Å². The predicted molar refractivity (Wildman–Crippen MR) is 84.8 cm³/mol. The Labute approximate surface area is 125 Å². The largest absolute Gasteiger partial charge is 0.508 e. The Kier molecular flexibility index (Phi) is 3.51. The van der Waals surface area contributed by atoms with Gasteiger partial charge in [0.25, 0.3) is 0 Å². The highest BCUT2D eigenvalue weighted by Gasteiger charge is 2.11. The summed E-state index contributed by atoms with van der Waals surface area (Å²) in [6.07, 6.45) is 1.76. The molecule has 0 saturated heterocycles. The van der Waals surface area contributed by atoms with Gasteiger partial charge in [-0.15, -0.1) is 11.3 Å². The van der Waals surface area contributed by atoms with Crippen molar-refractivity contribution in [2.45, 2.75) is 13.0 Å². The third kappa shape index (κ3) is 2.57. The topological polar surface area (TPSA) is 45.2 Å². The number of benzene rings is 1. The van der Waals surface area contributed by atoms with Crippen LogP contribution in [0.25, 0.3) is 10.8 Å². The van der Waals surface area contributed by atoms with Gasteiger partial charge < -0.3 is 10.4 Å². The molecule has 0 aliphatic carbocycles. The molecule has 0 amide bonds. The molecular formula is C15H13ClN2OS. The molecule has 0 aliphatic rings. The number of hydrogen-bond acceptors (Lipinski definition) is 4. The number of halogens is 1. The van der Waals surface area contributed by atoms with Crippen molar-refractivity contribution >= 4 is 39.5 Å². The van der Waals surface area contributed by atoms with E-state index in [-0.39, 0.29) is 11.8 Å². The van der Waals surface area contributed by atoms with Crippen LogP contribution in [0.2, 0.25) is 4.34 Å². The lowest BCUT2D eigenvalue weighted by atomic mass is 10.1. The Morgan fingerprint density at radius 1 is 1.25 bits per heavy atom.